The van der Waals surface area contributed by atoms with Gasteiger partial charge in [0, 0.05) is 27.0 Å². The van der Waals surface area contributed by atoms with E-state index in [4.69, 9.17) is 21.4 Å². The van der Waals surface area contributed by atoms with E-state index in [1.54, 1.807) is 0 Å². The summed E-state index contributed by atoms with van der Waals surface area (Å²) < 4.78 is 7.40. The smallest absolute Gasteiger partial charge is 0.215 e. The molecule has 0 aliphatic carbocycles. The molecule has 0 spiro atoms. The Morgan fingerprint density at radius 3 is 2.56 bits per heavy atom. The van der Waals surface area contributed by atoms with Crippen molar-refractivity contribution in [1.82, 2.24) is 5.01 Å². The van der Waals surface area contributed by atoms with Gasteiger partial charge in [-0.3, -0.25) is 0 Å². The van der Waals surface area contributed by atoms with Crippen LogP contribution in [-0.2, 0) is 0 Å². The fourth-order valence-electron chi connectivity index (χ4n) is 3.74. The van der Waals surface area contributed by atoms with Gasteiger partial charge < -0.3 is 4.74 Å². The molecule has 0 radical (unpaired) electrons. The molecule has 0 saturated carbocycles. The first-order valence-corrected chi connectivity index (χ1v) is 9.99. The molecule has 27 heavy (non-hydrogen) atoms. The number of hydrogen-bond acceptors (Lipinski definition) is 3. The summed E-state index contributed by atoms with van der Waals surface area (Å²) in [6.07, 6.45) is 0.483. The van der Waals surface area contributed by atoms with Crippen molar-refractivity contribution in [2.75, 3.05) is 0 Å². The van der Waals surface area contributed by atoms with Crippen molar-refractivity contribution in [3.05, 3.63) is 99.0 Å². The lowest BCUT2D eigenvalue weighted by atomic mass is 9.96. The summed E-state index contributed by atoms with van der Waals surface area (Å²) in [5, 5.41) is 7.70. The Morgan fingerprint density at radius 2 is 1.74 bits per heavy atom. The third-order valence-corrected chi connectivity index (χ3v) is 5.87. The second-order valence-corrected chi connectivity index (χ2v) is 8.01. The molecule has 0 fully saturated rings. The fourth-order valence-corrected chi connectivity index (χ4v) is 4.35. The van der Waals surface area contributed by atoms with Gasteiger partial charge in [-0.2, -0.15) is 5.10 Å². The van der Waals surface area contributed by atoms with Gasteiger partial charge in [-0.25, -0.2) is 5.01 Å². The number of hydrogen-bond donors (Lipinski definition) is 0. The third kappa shape index (κ3) is 2.93. The van der Waals surface area contributed by atoms with Crippen LogP contribution in [0.4, 0.5) is 0 Å². The molecule has 134 valence electrons. The molecule has 2 aliphatic heterocycles. The molecule has 5 heteroatoms. The van der Waals surface area contributed by atoms with Crippen LogP contribution in [0.15, 0.2) is 82.4 Å². The van der Waals surface area contributed by atoms with Crippen molar-refractivity contribution in [3.8, 4) is 5.75 Å². The molecular weight excluding hydrogens is 424 g/mol. The minimum atomic E-state index is -0.349. The quantitative estimate of drug-likeness (QED) is 0.465. The maximum absolute atomic E-state index is 6.49. The topological polar surface area (TPSA) is 24.8 Å². The summed E-state index contributed by atoms with van der Waals surface area (Å²) in [5.41, 5.74) is 4.27. The van der Waals surface area contributed by atoms with Crippen LogP contribution in [0.25, 0.3) is 0 Å². The molecule has 0 saturated heterocycles. The molecule has 2 unspecified atom stereocenters. The first kappa shape index (κ1) is 16.8. The summed E-state index contributed by atoms with van der Waals surface area (Å²) in [6, 6.07) is 24.4. The van der Waals surface area contributed by atoms with Gasteiger partial charge in [0.25, 0.3) is 0 Å². The van der Waals surface area contributed by atoms with Crippen LogP contribution in [-0.4, -0.2) is 10.7 Å². The van der Waals surface area contributed by atoms with E-state index < -0.39 is 0 Å². The first-order valence-electron chi connectivity index (χ1n) is 8.82. The monoisotopic (exact) mass is 438 g/mol. The average Bonchev–Trinajstić information content (AvgIpc) is 3.15. The van der Waals surface area contributed by atoms with Crippen molar-refractivity contribution in [2.45, 2.75) is 18.7 Å². The average molecular weight is 440 g/mol. The number of nitrogens with zero attached hydrogens (tertiary/aromatic N) is 2. The van der Waals surface area contributed by atoms with Crippen LogP contribution < -0.4 is 4.74 Å². The van der Waals surface area contributed by atoms with E-state index in [1.165, 1.54) is 0 Å². The Labute approximate surface area is 171 Å². The molecule has 2 aliphatic rings. The summed E-state index contributed by atoms with van der Waals surface area (Å²) in [7, 11) is 0. The third-order valence-electron chi connectivity index (χ3n) is 5.03. The van der Waals surface area contributed by atoms with Crippen molar-refractivity contribution >= 4 is 33.2 Å². The molecule has 2 heterocycles. The largest absolute Gasteiger partial charge is 0.464 e. The zero-order valence-corrected chi connectivity index (χ0v) is 16.7. The molecule has 2 atom stereocenters. The number of fused-ring (bicyclic) bond motifs is 3. The van der Waals surface area contributed by atoms with Crippen LogP contribution in [0.1, 0.15) is 35.4 Å². The Balaban J connectivity index is 1.64. The predicted molar refractivity (Wildman–Crippen MR) is 111 cm³/mol. The lowest BCUT2D eigenvalue weighted by molar-refractivity contribution is -0.0190. The van der Waals surface area contributed by atoms with Gasteiger partial charge in [0.2, 0.25) is 6.23 Å². The number of hydrazone groups is 1. The fraction of sp³-hybridized carbons (Fsp3) is 0.136. The minimum absolute atomic E-state index is 0.114. The van der Waals surface area contributed by atoms with E-state index in [-0.39, 0.29) is 12.3 Å². The molecule has 3 nitrogen and oxygen atoms in total. The Bertz CT molecular complexity index is 1040. The van der Waals surface area contributed by atoms with E-state index in [0.717, 1.165) is 39.0 Å². The van der Waals surface area contributed by atoms with Gasteiger partial charge in [0.05, 0.1) is 11.8 Å². The normalized spacial score (nSPS) is 20.5. The van der Waals surface area contributed by atoms with Crippen molar-refractivity contribution in [1.29, 1.82) is 0 Å². The summed E-state index contributed by atoms with van der Waals surface area (Å²) in [6.45, 7) is 0. The summed E-state index contributed by atoms with van der Waals surface area (Å²) in [4.78, 5) is 0. The molecule has 0 N–H and O–H groups in total. The van der Waals surface area contributed by atoms with E-state index in [2.05, 4.69) is 39.1 Å². The van der Waals surface area contributed by atoms with Crippen molar-refractivity contribution in [2.24, 2.45) is 5.10 Å². The number of halogens is 2. The standard InChI is InChI=1S/C22H16BrClN2O/c23-15-10-11-21-17(12-15)20-13-19(14-6-2-1-3-7-14)25-26(20)22(27-21)16-8-4-5-9-18(16)24/h1-12,20,22H,13H2. The van der Waals surface area contributed by atoms with E-state index in [0.29, 0.717) is 5.02 Å². The lowest BCUT2D eigenvalue weighted by Gasteiger charge is -2.38. The van der Waals surface area contributed by atoms with Crippen molar-refractivity contribution < 1.29 is 4.74 Å². The van der Waals surface area contributed by atoms with Crippen molar-refractivity contribution in [3.63, 3.8) is 0 Å². The van der Waals surface area contributed by atoms with Gasteiger partial charge in [-0.15, -0.1) is 0 Å². The van der Waals surface area contributed by atoms with Crippen LogP contribution in [0.2, 0.25) is 5.02 Å². The SMILES string of the molecule is Clc1ccccc1C1Oc2ccc(Br)cc2C2CC(c3ccccc3)=NN21. The molecule has 0 bridgehead atoms. The molecule has 5 rings (SSSR count). The number of benzene rings is 3. The second kappa shape index (κ2) is 6.70. The van der Waals surface area contributed by atoms with Gasteiger partial charge in [0.1, 0.15) is 5.75 Å². The van der Waals surface area contributed by atoms with E-state index in [1.807, 2.05) is 54.6 Å². The Morgan fingerprint density at radius 1 is 0.963 bits per heavy atom. The van der Waals surface area contributed by atoms with Crippen LogP contribution in [0.5, 0.6) is 5.75 Å². The highest BCUT2D eigenvalue weighted by molar-refractivity contribution is 9.10. The molecule has 0 amide bonds. The van der Waals surface area contributed by atoms with Gasteiger partial charge >= 0.3 is 0 Å². The second-order valence-electron chi connectivity index (χ2n) is 6.69. The number of ether oxygens (including phenoxy) is 1. The Hall–Kier alpha value is -2.30. The molecule has 3 aromatic carbocycles. The first-order chi connectivity index (χ1) is 13.2. The molecule has 3 aromatic rings. The van der Waals surface area contributed by atoms with Crippen LogP contribution >= 0.6 is 27.5 Å². The highest BCUT2D eigenvalue weighted by atomic mass is 79.9. The zero-order valence-electron chi connectivity index (χ0n) is 14.3. The maximum atomic E-state index is 6.49. The summed E-state index contributed by atoms with van der Waals surface area (Å²) >= 11 is 10.1. The minimum Gasteiger partial charge on any atom is -0.464 e. The van der Waals surface area contributed by atoms with Gasteiger partial charge in [-0.05, 0) is 29.8 Å². The van der Waals surface area contributed by atoms with E-state index >= 15 is 0 Å². The lowest BCUT2D eigenvalue weighted by Crippen LogP contribution is -2.33. The van der Waals surface area contributed by atoms with Crippen LogP contribution in [0.3, 0.4) is 0 Å². The maximum Gasteiger partial charge on any atom is 0.215 e. The Kier molecular flexibility index (Phi) is 4.18. The molecular formula is C22H16BrClN2O. The van der Waals surface area contributed by atoms with Crippen LogP contribution in [0, 0.1) is 0 Å². The zero-order chi connectivity index (χ0) is 18.4. The van der Waals surface area contributed by atoms with E-state index in [9.17, 15) is 0 Å². The summed E-state index contributed by atoms with van der Waals surface area (Å²) in [5.74, 6) is 0.883. The van der Waals surface area contributed by atoms with Gasteiger partial charge in [0.15, 0.2) is 0 Å². The molecule has 0 aromatic heterocycles. The highest BCUT2D eigenvalue weighted by Crippen LogP contribution is 2.49. The highest BCUT2D eigenvalue weighted by Gasteiger charge is 2.41. The predicted octanol–water partition coefficient (Wildman–Crippen LogP) is 6.34. The number of rotatable bonds is 2. The van der Waals surface area contributed by atoms with Gasteiger partial charge in [-0.1, -0.05) is 76.1 Å².